The first-order valence-electron chi connectivity index (χ1n) is 6.16. The van der Waals surface area contributed by atoms with Crippen LogP contribution < -0.4 is 5.32 Å². The van der Waals surface area contributed by atoms with Crippen molar-refractivity contribution in [2.45, 2.75) is 33.4 Å². The molecule has 0 bridgehead atoms. The van der Waals surface area contributed by atoms with Gasteiger partial charge in [-0.05, 0) is 30.5 Å². The van der Waals surface area contributed by atoms with Crippen molar-refractivity contribution in [3.8, 4) is 0 Å². The van der Waals surface area contributed by atoms with Crippen LogP contribution in [0.3, 0.4) is 0 Å². The number of halogens is 1. The summed E-state index contributed by atoms with van der Waals surface area (Å²) in [6, 6.07) is 6.19. The van der Waals surface area contributed by atoms with E-state index < -0.39 is 0 Å². The number of urea groups is 1. The summed E-state index contributed by atoms with van der Waals surface area (Å²) in [5, 5.41) is 2.92. The molecule has 0 aliphatic rings. The summed E-state index contributed by atoms with van der Waals surface area (Å²) >= 11 is 0. The minimum atomic E-state index is -0.265. The highest BCUT2D eigenvalue weighted by Crippen LogP contribution is 2.06. The van der Waals surface area contributed by atoms with Crippen LogP contribution in [0.25, 0.3) is 0 Å². The van der Waals surface area contributed by atoms with Crippen molar-refractivity contribution in [3.63, 3.8) is 0 Å². The van der Waals surface area contributed by atoms with Crippen LogP contribution in [0, 0.1) is 11.7 Å². The van der Waals surface area contributed by atoms with Crippen molar-refractivity contribution in [1.82, 2.24) is 10.2 Å². The molecule has 0 aromatic heterocycles. The zero-order chi connectivity index (χ0) is 13.7. The number of benzene rings is 1. The van der Waals surface area contributed by atoms with E-state index in [4.69, 9.17) is 0 Å². The Morgan fingerprint density at radius 3 is 2.33 bits per heavy atom. The molecule has 0 aliphatic carbocycles. The second-order valence-corrected chi connectivity index (χ2v) is 4.96. The molecule has 1 aromatic rings. The summed E-state index contributed by atoms with van der Waals surface area (Å²) in [5.74, 6) is 0.132. The number of nitrogens with zero attached hydrogens (tertiary/aromatic N) is 1. The molecule has 0 fully saturated rings. The lowest BCUT2D eigenvalue weighted by molar-refractivity contribution is 0.200. The second kappa shape index (κ2) is 6.38. The molecule has 0 heterocycles. The minimum Gasteiger partial charge on any atom is -0.335 e. The van der Waals surface area contributed by atoms with Gasteiger partial charge in [-0.2, -0.15) is 0 Å². The highest BCUT2D eigenvalue weighted by molar-refractivity contribution is 5.74. The first-order chi connectivity index (χ1) is 8.40. The molecule has 4 heteroatoms. The molecule has 0 aliphatic heterocycles. The molecule has 1 rings (SSSR count). The van der Waals surface area contributed by atoms with Gasteiger partial charge in [-0.3, -0.25) is 0 Å². The topological polar surface area (TPSA) is 32.3 Å². The van der Waals surface area contributed by atoms with Gasteiger partial charge in [0, 0.05) is 19.6 Å². The molecule has 18 heavy (non-hydrogen) atoms. The van der Waals surface area contributed by atoms with Crippen LogP contribution in [0.1, 0.15) is 26.3 Å². The van der Waals surface area contributed by atoms with Crippen LogP contribution in [0.4, 0.5) is 9.18 Å². The van der Waals surface area contributed by atoms with Gasteiger partial charge in [0.1, 0.15) is 5.82 Å². The van der Waals surface area contributed by atoms with Crippen molar-refractivity contribution in [2.24, 2.45) is 5.92 Å². The quantitative estimate of drug-likeness (QED) is 0.877. The monoisotopic (exact) mass is 252 g/mol. The smallest absolute Gasteiger partial charge is 0.317 e. The second-order valence-electron chi connectivity index (χ2n) is 4.96. The molecule has 0 saturated carbocycles. The first-order valence-corrected chi connectivity index (χ1v) is 6.16. The summed E-state index contributed by atoms with van der Waals surface area (Å²) in [6.45, 7) is 6.57. The van der Waals surface area contributed by atoms with E-state index >= 15 is 0 Å². The van der Waals surface area contributed by atoms with Gasteiger partial charge in [0.15, 0.2) is 0 Å². The number of hydrogen-bond donors (Lipinski definition) is 1. The Bertz CT molecular complexity index is 389. The van der Waals surface area contributed by atoms with E-state index in [1.165, 1.54) is 12.1 Å². The molecule has 1 aromatic carbocycles. The van der Waals surface area contributed by atoms with Crippen molar-refractivity contribution in [3.05, 3.63) is 35.6 Å². The zero-order valence-corrected chi connectivity index (χ0v) is 11.4. The van der Waals surface area contributed by atoms with E-state index in [9.17, 15) is 9.18 Å². The molecule has 3 nitrogen and oxygen atoms in total. The molecule has 0 radical (unpaired) electrons. The van der Waals surface area contributed by atoms with Crippen molar-refractivity contribution < 1.29 is 9.18 Å². The average Bonchev–Trinajstić information content (AvgIpc) is 2.31. The van der Waals surface area contributed by atoms with Crippen LogP contribution in [0.5, 0.6) is 0 Å². The third-order valence-electron chi connectivity index (χ3n) is 3.03. The molecule has 1 N–H and O–H groups in total. The Morgan fingerprint density at radius 1 is 1.28 bits per heavy atom. The van der Waals surface area contributed by atoms with Gasteiger partial charge in [0.2, 0.25) is 0 Å². The predicted molar refractivity (Wildman–Crippen MR) is 70.7 cm³/mol. The van der Waals surface area contributed by atoms with Crippen LogP contribution >= 0.6 is 0 Å². The molecule has 0 spiro atoms. The van der Waals surface area contributed by atoms with Gasteiger partial charge in [-0.15, -0.1) is 0 Å². The normalized spacial score (nSPS) is 12.3. The minimum absolute atomic E-state index is 0.111. The zero-order valence-electron chi connectivity index (χ0n) is 11.4. The third kappa shape index (κ3) is 4.35. The van der Waals surface area contributed by atoms with Crippen molar-refractivity contribution >= 4 is 6.03 Å². The average molecular weight is 252 g/mol. The first kappa shape index (κ1) is 14.5. The fourth-order valence-corrected chi connectivity index (χ4v) is 1.41. The standard InChI is InChI=1S/C14H21FN2O/c1-10(2)11(3)16-14(18)17(4)9-12-5-7-13(15)8-6-12/h5-8,10-11H,9H2,1-4H3,(H,16,18). The molecular formula is C14H21FN2O. The SMILES string of the molecule is CC(C)C(C)NC(=O)N(C)Cc1ccc(F)cc1. The Hall–Kier alpha value is -1.58. The van der Waals surface area contributed by atoms with E-state index in [0.29, 0.717) is 12.5 Å². The number of carbonyl (C=O) groups excluding carboxylic acids is 1. The lowest BCUT2D eigenvalue weighted by Crippen LogP contribution is -2.43. The summed E-state index contributed by atoms with van der Waals surface area (Å²) in [7, 11) is 1.73. The fraction of sp³-hybridized carbons (Fsp3) is 0.500. The number of hydrogen-bond acceptors (Lipinski definition) is 1. The summed E-state index contributed by atoms with van der Waals surface area (Å²) in [6.07, 6.45) is 0. The molecule has 1 atom stereocenters. The maximum Gasteiger partial charge on any atom is 0.317 e. The van der Waals surface area contributed by atoms with E-state index in [1.54, 1.807) is 24.1 Å². The maximum absolute atomic E-state index is 12.8. The molecule has 0 saturated heterocycles. The summed E-state index contributed by atoms with van der Waals surface area (Å²) in [4.78, 5) is 13.5. The molecule has 2 amide bonds. The lowest BCUT2D eigenvalue weighted by Gasteiger charge is -2.23. The third-order valence-corrected chi connectivity index (χ3v) is 3.03. The van der Waals surface area contributed by atoms with E-state index in [0.717, 1.165) is 5.56 Å². The van der Waals surface area contributed by atoms with E-state index in [2.05, 4.69) is 19.2 Å². The highest BCUT2D eigenvalue weighted by atomic mass is 19.1. The van der Waals surface area contributed by atoms with Gasteiger partial charge in [-0.25, -0.2) is 9.18 Å². The number of rotatable bonds is 4. The Labute approximate surface area is 108 Å². The van der Waals surface area contributed by atoms with Gasteiger partial charge < -0.3 is 10.2 Å². The summed E-state index contributed by atoms with van der Waals surface area (Å²) < 4.78 is 12.8. The maximum atomic E-state index is 12.8. The summed E-state index contributed by atoms with van der Waals surface area (Å²) in [5.41, 5.74) is 0.909. The number of nitrogens with one attached hydrogen (secondary N) is 1. The Kier molecular flexibility index (Phi) is 5.13. The predicted octanol–water partition coefficient (Wildman–Crippen LogP) is 3.01. The lowest BCUT2D eigenvalue weighted by atomic mass is 10.1. The van der Waals surface area contributed by atoms with Crippen LogP contribution in [0.15, 0.2) is 24.3 Å². The number of amides is 2. The Balaban J connectivity index is 2.52. The van der Waals surface area contributed by atoms with E-state index in [1.807, 2.05) is 6.92 Å². The largest absolute Gasteiger partial charge is 0.335 e. The van der Waals surface area contributed by atoms with Gasteiger partial charge >= 0.3 is 6.03 Å². The van der Waals surface area contributed by atoms with Crippen LogP contribution in [0.2, 0.25) is 0 Å². The molecule has 100 valence electrons. The van der Waals surface area contributed by atoms with Gasteiger partial charge in [-0.1, -0.05) is 26.0 Å². The molecule has 1 unspecified atom stereocenters. The number of carbonyl (C=O) groups is 1. The molecular weight excluding hydrogens is 231 g/mol. The van der Waals surface area contributed by atoms with E-state index in [-0.39, 0.29) is 17.9 Å². The highest BCUT2D eigenvalue weighted by Gasteiger charge is 2.14. The van der Waals surface area contributed by atoms with Crippen molar-refractivity contribution in [1.29, 1.82) is 0 Å². The van der Waals surface area contributed by atoms with Crippen LogP contribution in [-0.2, 0) is 6.54 Å². The fourth-order valence-electron chi connectivity index (χ4n) is 1.41. The van der Waals surface area contributed by atoms with Gasteiger partial charge in [0.05, 0.1) is 0 Å². The van der Waals surface area contributed by atoms with Crippen molar-refractivity contribution in [2.75, 3.05) is 7.05 Å². The van der Waals surface area contributed by atoms with Crippen LogP contribution in [-0.4, -0.2) is 24.0 Å². The van der Waals surface area contributed by atoms with Gasteiger partial charge in [0.25, 0.3) is 0 Å². The Morgan fingerprint density at radius 2 is 1.83 bits per heavy atom.